The van der Waals surface area contributed by atoms with E-state index in [1.54, 1.807) is 11.3 Å². The van der Waals surface area contributed by atoms with E-state index in [2.05, 4.69) is 18.1 Å². The third-order valence-electron chi connectivity index (χ3n) is 3.80. The first-order valence-electron chi connectivity index (χ1n) is 7.19. The molecule has 2 aromatic rings. The lowest BCUT2D eigenvalue weighted by Gasteiger charge is -2.18. The predicted octanol–water partition coefficient (Wildman–Crippen LogP) is 3.68. The molecule has 4 heteroatoms. The molecule has 1 amide bonds. The molecule has 4 nitrogen and oxygen atoms in total. The second-order valence-electron chi connectivity index (χ2n) is 5.19. The van der Waals surface area contributed by atoms with Crippen LogP contribution in [0.4, 0.5) is 0 Å². The second-order valence-corrected chi connectivity index (χ2v) is 5.19. The zero-order chi connectivity index (χ0) is 14.8. The molecule has 108 valence electrons. The zero-order valence-electron chi connectivity index (χ0n) is 12.2. The van der Waals surface area contributed by atoms with Gasteiger partial charge in [-0.15, -0.1) is 0 Å². The Hall–Kier alpha value is -2.36. The van der Waals surface area contributed by atoms with Gasteiger partial charge < -0.3 is 4.42 Å². The van der Waals surface area contributed by atoms with Gasteiger partial charge in [-0.2, -0.15) is 5.10 Å². The SMILES string of the molecule is CCC(=O)N1N=C(c2ccccc2C)CC1c1ccco1. The fourth-order valence-electron chi connectivity index (χ4n) is 2.66. The number of hydrazone groups is 1. The van der Waals surface area contributed by atoms with Crippen LogP contribution in [0.3, 0.4) is 0 Å². The van der Waals surface area contributed by atoms with Crippen LogP contribution in [0.5, 0.6) is 0 Å². The molecule has 0 spiro atoms. The third kappa shape index (κ3) is 2.49. The van der Waals surface area contributed by atoms with Crippen LogP contribution in [0.2, 0.25) is 0 Å². The maximum atomic E-state index is 12.2. The van der Waals surface area contributed by atoms with Crippen LogP contribution in [-0.2, 0) is 4.79 Å². The summed E-state index contributed by atoms with van der Waals surface area (Å²) in [5, 5.41) is 6.14. The largest absolute Gasteiger partial charge is 0.467 e. The summed E-state index contributed by atoms with van der Waals surface area (Å²) in [6.45, 7) is 3.91. The molecule has 0 saturated carbocycles. The molecule has 0 fully saturated rings. The molecule has 0 aliphatic carbocycles. The molecule has 0 saturated heterocycles. The molecule has 0 N–H and O–H groups in total. The minimum Gasteiger partial charge on any atom is -0.467 e. The van der Waals surface area contributed by atoms with E-state index in [-0.39, 0.29) is 11.9 Å². The molecule has 21 heavy (non-hydrogen) atoms. The van der Waals surface area contributed by atoms with Crippen molar-refractivity contribution in [3.05, 3.63) is 59.5 Å². The number of carbonyl (C=O) groups excluding carboxylic acids is 1. The quantitative estimate of drug-likeness (QED) is 0.862. The number of nitrogens with zero attached hydrogens (tertiary/aromatic N) is 2. The van der Waals surface area contributed by atoms with E-state index >= 15 is 0 Å². The number of hydrogen-bond donors (Lipinski definition) is 0. The first-order valence-corrected chi connectivity index (χ1v) is 7.19. The maximum Gasteiger partial charge on any atom is 0.243 e. The summed E-state index contributed by atoms with van der Waals surface area (Å²) in [5.41, 5.74) is 3.21. The van der Waals surface area contributed by atoms with Crippen molar-refractivity contribution in [2.45, 2.75) is 32.7 Å². The molecule has 1 unspecified atom stereocenters. The highest BCUT2D eigenvalue weighted by Gasteiger charge is 2.34. The molecular weight excluding hydrogens is 264 g/mol. The van der Waals surface area contributed by atoms with Gasteiger partial charge in [0.2, 0.25) is 5.91 Å². The number of furan rings is 1. The van der Waals surface area contributed by atoms with Crippen molar-refractivity contribution < 1.29 is 9.21 Å². The molecule has 1 aliphatic heterocycles. The smallest absolute Gasteiger partial charge is 0.243 e. The summed E-state index contributed by atoms with van der Waals surface area (Å²) in [6, 6.07) is 11.7. The second kappa shape index (κ2) is 5.56. The number of benzene rings is 1. The molecule has 1 atom stereocenters. The minimum absolute atomic E-state index is 0.0139. The standard InChI is InChI=1S/C17H18N2O2/c1-3-17(20)19-15(16-9-6-10-21-16)11-14(18-19)13-8-5-4-7-12(13)2/h4-10,15H,3,11H2,1-2H3. The van der Waals surface area contributed by atoms with Gasteiger partial charge in [0.05, 0.1) is 12.0 Å². The monoisotopic (exact) mass is 282 g/mol. The van der Waals surface area contributed by atoms with Gasteiger partial charge in [0.15, 0.2) is 0 Å². The van der Waals surface area contributed by atoms with Crippen molar-refractivity contribution in [3.8, 4) is 0 Å². The summed E-state index contributed by atoms with van der Waals surface area (Å²) in [7, 11) is 0. The van der Waals surface area contributed by atoms with E-state index in [0.29, 0.717) is 12.8 Å². The highest BCUT2D eigenvalue weighted by Crippen LogP contribution is 2.33. The normalized spacial score (nSPS) is 17.9. The average molecular weight is 282 g/mol. The first kappa shape index (κ1) is 13.6. The third-order valence-corrected chi connectivity index (χ3v) is 3.80. The van der Waals surface area contributed by atoms with Crippen LogP contribution in [0, 0.1) is 6.92 Å². The number of hydrogen-bond acceptors (Lipinski definition) is 3. The average Bonchev–Trinajstić information content (AvgIpc) is 3.15. The van der Waals surface area contributed by atoms with Gasteiger partial charge in [-0.1, -0.05) is 31.2 Å². The maximum absolute atomic E-state index is 12.2. The summed E-state index contributed by atoms with van der Waals surface area (Å²) in [5.74, 6) is 0.795. The minimum atomic E-state index is -0.137. The van der Waals surface area contributed by atoms with Gasteiger partial charge in [-0.05, 0) is 24.6 Å². The van der Waals surface area contributed by atoms with Crippen molar-refractivity contribution in [1.82, 2.24) is 5.01 Å². The van der Waals surface area contributed by atoms with E-state index in [1.165, 1.54) is 5.56 Å². The molecule has 1 aliphatic rings. The van der Waals surface area contributed by atoms with E-state index in [9.17, 15) is 4.79 Å². The van der Waals surface area contributed by atoms with Crippen molar-refractivity contribution in [1.29, 1.82) is 0 Å². The van der Waals surface area contributed by atoms with Gasteiger partial charge >= 0.3 is 0 Å². The van der Waals surface area contributed by atoms with Crippen LogP contribution in [0.15, 0.2) is 52.2 Å². The lowest BCUT2D eigenvalue weighted by Crippen LogP contribution is -2.25. The summed E-state index contributed by atoms with van der Waals surface area (Å²) < 4.78 is 5.49. The van der Waals surface area contributed by atoms with E-state index in [0.717, 1.165) is 17.0 Å². The molecule has 0 bridgehead atoms. The molecule has 0 radical (unpaired) electrons. The highest BCUT2D eigenvalue weighted by atomic mass is 16.3. The Morgan fingerprint density at radius 3 is 2.81 bits per heavy atom. The number of carbonyl (C=O) groups is 1. The van der Waals surface area contributed by atoms with Crippen molar-refractivity contribution in [2.24, 2.45) is 5.10 Å². The van der Waals surface area contributed by atoms with Crippen molar-refractivity contribution >= 4 is 11.6 Å². The van der Waals surface area contributed by atoms with Crippen LogP contribution >= 0.6 is 0 Å². The van der Waals surface area contributed by atoms with Crippen molar-refractivity contribution in [3.63, 3.8) is 0 Å². The Kier molecular flexibility index (Phi) is 3.60. The summed E-state index contributed by atoms with van der Waals surface area (Å²) in [6.07, 6.45) is 2.75. The van der Waals surface area contributed by atoms with Gasteiger partial charge in [-0.3, -0.25) is 4.79 Å². The lowest BCUT2D eigenvalue weighted by molar-refractivity contribution is -0.133. The Labute approximate surface area is 124 Å². The van der Waals surface area contributed by atoms with Crippen LogP contribution in [0.1, 0.15) is 42.7 Å². The van der Waals surface area contributed by atoms with E-state index < -0.39 is 0 Å². The lowest BCUT2D eigenvalue weighted by atomic mass is 9.99. The van der Waals surface area contributed by atoms with Crippen LogP contribution in [-0.4, -0.2) is 16.6 Å². The topological polar surface area (TPSA) is 45.8 Å². The van der Waals surface area contributed by atoms with Gasteiger partial charge in [-0.25, -0.2) is 5.01 Å². The predicted molar refractivity (Wildman–Crippen MR) is 80.9 cm³/mol. The molecule has 1 aromatic heterocycles. The highest BCUT2D eigenvalue weighted by molar-refractivity contribution is 6.04. The zero-order valence-corrected chi connectivity index (χ0v) is 12.2. The Bertz CT molecular complexity index is 674. The van der Waals surface area contributed by atoms with Crippen LogP contribution < -0.4 is 0 Å². The summed E-state index contributed by atoms with van der Waals surface area (Å²) in [4.78, 5) is 12.2. The summed E-state index contributed by atoms with van der Waals surface area (Å²) >= 11 is 0. The Morgan fingerprint density at radius 1 is 1.33 bits per heavy atom. The van der Waals surface area contributed by atoms with Gasteiger partial charge in [0, 0.05) is 18.4 Å². The Morgan fingerprint density at radius 2 is 2.14 bits per heavy atom. The fourth-order valence-corrected chi connectivity index (χ4v) is 2.66. The van der Waals surface area contributed by atoms with Gasteiger partial charge in [0.25, 0.3) is 0 Å². The molecule has 2 heterocycles. The molecular formula is C17H18N2O2. The molecule has 3 rings (SSSR count). The first-order chi connectivity index (χ1) is 10.2. The Balaban J connectivity index is 1.97. The van der Waals surface area contributed by atoms with Crippen LogP contribution in [0.25, 0.3) is 0 Å². The van der Waals surface area contributed by atoms with Gasteiger partial charge in [0.1, 0.15) is 11.8 Å². The number of rotatable bonds is 3. The van der Waals surface area contributed by atoms with Crippen molar-refractivity contribution in [2.75, 3.05) is 0 Å². The number of amides is 1. The van der Waals surface area contributed by atoms with E-state index in [4.69, 9.17) is 4.42 Å². The van der Waals surface area contributed by atoms with E-state index in [1.807, 2.05) is 37.3 Å². The number of aryl methyl sites for hydroxylation is 1. The fraction of sp³-hybridized carbons (Fsp3) is 0.294. The molecule has 1 aromatic carbocycles.